The highest BCUT2D eigenvalue weighted by Gasteiger charge is 2.32. The van der Waals surface area contributed by atoms with E-state index in [0.717, 1.165) is 6.07 Å². The lowest BCUT2D eigenvalue weighted by molar-refractivity contribution is -0.132. The standard InChI is InChI=1S/C13H14FN3O4/c1-6-12(19)16-11(18)5-17(6)10-3-7(13(20)21-2)9(15)4-8(10)14/h3-4,6H,5,15H2,1-2H3,(H,16,18,19). The third kappa shape index (κ3) is 2.64. The summed E-state index contributed by atoms with van der Waals surface area (Å²) < 4.78 is 18.7. The van der Waals surface area contributed by atoms with Crippen LogP contribution >= 0.6 is 0 Å². The number of amides is 2. The number of nitrogens with zero attached hydrogens (tertiary/aromatic N) is 1. The summed E-state index contributed by atoms with van der Waals surface area (Å²) in [5, 5.41) is 2.15. The molecule has 1 heterocycles. The number of esters is 1. The number of nitrogen functional groups attached to an aromatic ring is 1. The molecule has 7 nitrogen and oxygen atoms in total. The Bertz CT molecular complexity index is 632. The number of methoxy groups -OCH3 is 1. The fourth-order valence-electron chi connectivity index (χ4n) is 2.09. The molecule has 21 heavy (non-hydrogen) atoms. The van der Waals surface area contributed by atoms with Crippen LogP contribution in [0.1, 0.15) is 17.3 Å². The number of benzene rings is 1. The summed E-state index contributed by atoms with van der Waals surface area (Å²) in [6.45, 7) is 1.32. The van der Waals surface area contributed by atoms with E-state index in [0.29, 0.717) is 0 Å². The molecule has 0 aliphatic carbocycles. The van der Waals surface area contributed by atoms with Gasteiger partial charge in [0.15, 0.2) is 0 Å². The summed E-state index contributed by atoms with van der Waals surface area (Å²) in [7, 11) is 1.17. The van der Waals surface area contributed by atoms with E-state index in [-0.39, 0.29) is 23.5 Å². The number of imide groups is 1. The number of nitrogens with one attached hydrogen (secondary N) is 1. The van der Waals surface area contributed by atoms with Gasteiger partial charge in [-0.25, -0.2) is 9.18 Å². The highest BCUT2D eigenvalue weighted by molar-refractivity contribution is 6.05. The number of hydrogen-bond acceptors (Lipinski definition) is 6. The molecule has 1 aliphatic heterocycles. The lowest BCUT2D eigenvalue weighted by Crippen LogP contribution is -2.57. The molecule has 0 radical (unpaired) electrons. The van der Waals surface area contributed by atoms with E-state index in [9.17, 15) is 18.8 Å². The van der Waals surface area contributed by atoms with E-state index >= 15 is 0 Å². The zero-order valence-corrected chi connectivity index (χ0v) is 11.5. The normalized spacial score (nSPS) is 18.4. The van der Waals surface area contributed by atoms with Crippen molar-refractivity contribution in [1.29, 1.82) is 0 Å². The first-order valence-electron chi connectivity index (χ1n) is 6.12. The van der Waals surface area contributed by atoms with Crippen molar-refractivity contribution >= 4 is 29.2 Å². The third-order valence-electron chi connectivity index (χ3n) is 3.26. The van der Waals surface area contributed by atoms with Gasteiger partial charge in [0.05, 0.1) is 24.9 Å². The molecule has 1 atom stereocenters. The first-order valence-corrected chi connectivity index (χ1v) is 6.12. The first-order chi connectivity index (χ1) is 9.85. The Balaban J connectivity index is 2.50. The van der Waals surface area contributed by atoms with Gasteiger partial charge < -0.3 is 15.4 Å². The van der Waals surface area contributed by atoms with Crippen LogP contribution in [0.25, 0.3) is 0 Å². The van der Waals surface area contributed by atoms with Crippen LogP contribution in [-0.4, -0.2) is 37.5 Å². The Morgan fingerprint density at radius 3 is 2.76 bits per heavy atom. The van der Waals surface area contributed by atoms with E-state index in [1.165, 1.54) is 25.0 Å². The predicted molar refractivity (Wildman–Crippen MR) is 72.1 cm³/mol. The summed E-state index contributed by atoms with van der Waals surface area (Å²) in [5.41, 5.74) is 5.42. The molecule has 1 aromatic rings. The molecule has 1 fully saturated rings. The Labute approximate surface area is 119 Å². The highest BCUT2D eigenvalue weighted by Crippen LogP contribution is 2.28. The number of anilines is 2. The van der Waals surface area contributed by atoms with E-state index in [4.69, 9.17) is 5.73 Å². The highest BCUT2D eigenvalue weighted by atomic mass is 19.1. The average Bonchev–Trinajstić information content (AvgIpc) is 2.42. The van der Waals surface area contributed by atoms with Gasteiger partial charge in [0.25, 0.3) is 0 Å². The van der Waals surface area contributed by atoms with Crippen molar-refractivity contribution in [3.8, 4) is 0 Å². The van der Waals surface area contributed by atoms with Crippen molar-refractivity contribution in [3.05, 3.63) is 23.5 Å². The Morgan fingerprint density at radius 1 is 1.48 bits per heavy atom. The van der Waals surface area contributed by atoms with Gasteiger partial charge in [-0.3, -0.25) is 14.9 Å². The number of carbonyl (C=O) groups excluding carboxylic acids is 3. The first kappa shape index (κ1) is 14.8. The van der Waals surface area contributed by atoms with Gasteiger partial charge >= 0.3 is 5.97 Å². The minimum atomic E-state index is -0.758. The van der Waals surface area contributed by atoms with Crippen molar-refractivity contribution in [3.63, 3.8) is 0 Å². The molecular formula is C13H14FN3O4. The second-order valence-electron chi connectivity index (χ2n) is 4.60. The largest absolute Gasteiger partial charge is 0.465 e. The van der Waals surface area contributed by atoms with Gasteiger partial charge in [0.1, 0.15) is 11.9 Å². The Morgan fingerprint density at radius 2 is 2.14 bits per heavy atom. The maximum absolute atomic E-state index is 14.1. The maximum atomic E-state index is 14.1. The number of piperazine rings is 1. The summed E-state index contributed by atoms with van der Waals surface area (Å²) >= 11 is 0. The second-order valence-corrected chi connectivity index (χ2v) is 4.60. The maximum Gasteiger partial charge on any atom is 0.340 e. The fraction of sp³-hybridized carbons (Fsp3) is 0.308. The summed E-state index contributed by atoms with van der Waals surface area (Å²) in [6, 6.07) is 1.38. The molecule has 0 bridgehead atoms. The molecule has 8 heteroatoms. The van der Waals surface area contributed by atoms with Crippen LogP contribution in [-0.2, 0) is 14.3 Å². The van der Waals surface area contributed by atoms with Crippen molar-refractivity contribution < 1.29 is 23.5 Å². The van der Waals surface area contributed by atoms with Gasteiger partial charge in [0.2, 0.25) is 11.8 Å². The van der Waals surface area contributed by atoms with Crippen LogP contribution in [0.2, 0.25) is 0 Å². The van der Waals surface area contributed by atoms with Crippen LogP contribution in [0.15, 0.2) is 12.1 Å². The van der Waals surface area contributed by atoms with Crippen LogP contribution in [0.4, 0.5) is 15.8 Å². The van der Waals surface area contributed by atoms with Crippen LogP contribution in [0.3, 0.4) is 0 Å². The van der Waals surface area contributed by atoms with Gasteiger partial charge in [-0.1, -0.05) is 0 Å². The minimum absolute atomic E-state index is 0.0282. The van der Waals surface area contributed by atoms with E-state index in [2.05, 4.69) is 10.1 Å². The number of nitrogens with two attached hydrogens (primary N) is 1. The molecule has 1 aliphatic rings. The quantitative estimate of drug-likeness (QED) is 0.454. The number of hydrogen-bond donors (Lipinski definition) is 2. The number of rotatable bonds is 2. The Kier molecular flexibility index (Phi) is 3.79. The molecule has 0 saturated carbocycles. The summed E-state index contributed by atoms with van der Waals surface area (Å²) in [4.78, 5) is 35.9. The van der Waals surface area contributed by atoms with Gasteiger partial charge in [-0.15, -0.1) is 0 Å². The fourth-order valence-corrected chi connectivity index (χ4v) is 2.09. The van der Waals surface area contributed by atoms with Crippen LogP contribution in [0.5, 0.6) is 0 Å². The van der Waals surface area contributed by atoms with Crippen LogP contribution < -0.4 is 16.0 Å². The number of halogens is 1. The molecule has 1 saturated heterocycles. The molecule has 1 aromatic carbocycles. The molecule has 0 aromatic heterocycles. The number of carbonyl (C=O) groups is 3. The monoisotopic (exact) mass is 295 g/mol. The zero-order chi connectivity index (χ0) is 15.7. The molecule has 1 unspecified atom stereocenters. The van der Waals surface area contributed by atoms with E-state index in [1.807, 2.05) is 0 Å². The molecule has 2 amide bonds. The summed E-state index contributed by atoms with van der Waals surface area (Å²) in [6.07, 6.45) is 0. The SMILES string of the molecule is COC(=O)c1cc(N2CC(=O)NC(=O)C2C)c(F)cc1N. The lowest BCUT2D eigenvalue weighted by atomic mass is 10.1. The van der Waals surface area contributed by atoms with Crippen molar-refractivity contribution in [2.45, 2.75) is 13.0 Å². The van der Waals surface area contributed by atoms with E-state index < -0.39 is 29.6 Å². The molecular weight excluding hydrogens is 281 g/mol. The van der Waals surface area contributed by atoms with Crippen molar-refractivity contribution in [2.75, 3.05) is 24.3 Å². The topological polar surface area (TPSA) is 102 Å². The summed E-state index contributed by atoms with van der Waals surface area (Å²) in [5.74, 6) is -2.54. The molecule has 112 valence electrons. The zero-order valence-electron chi connectivity index (χ0n) is 11.5. The van der Waals surface area contributed by atoms with Gasteiger partial charge in [0, 0.05) is 5.69 Å². The molecule has 3 N–H and O–H groups in total. The smallest absolute Gasteiger partial charge is 0.340 e. The third-order valence-corrected chi connectivity index (χ3v) is 3.26. The molecule has 0 spiro atoms. The van der Waals surface area contributed by atoms with Crippen molar-refractivity contribution in [1.82, 2.24) is 5.32 Å². The van der Waals surface area contributed by atoms with E-state index in [1.54, 1.807) is 0 Å². The lowest BCUT2D eigenvalue weighted by Gasteiger charge is -2.33. The Hall–Kier alpha value is -2.64. The van der Waals surface area contributed by atoms with Crippen LogP contribution in [0, 0.1) is 5.82 Å². The predicted octanol–water partition coefficient (Wildman–Crippen LogP) is 0.0458. The number of ether oxygens (including phenoxy) is 1. The average molecular weight is 295 g/mol. The minimum Gasteiger partial charge on any atom is -0.465 e. The second kappa shape index (κ2) is 5.39. The van der Waals surface area contributed by atoms with Crippen molar-refractivity contribution in [2.24, 2.45) is 0 Å². The van der Waals surface area contributed by atoms with Gasteiger partial charge in [-0.2, -0.15) is 0 Å². The van der Waals surface area contributed by atoms with Gasteiger partial charge in [-0.05, 0) is 19.1 Å². The molecule has 2 rings (SSSR count).